The van der Waals surface area contributed by atoms with Crippen molar-refractivity contribution in [3.63, 3.8) is 0 Å². The zero-order chi connectivity index (χ0) is 26.3. The largest absolute Gasteiger partial charge is 0.424 e. The molecule has 3 rings (SSSR count). The molecule has 3 aromatic rings. The number of rotatable bonds is 12. The molecule has 13 heteroatoms. The number of anilines is 1. The van der Waals surface area contributed by atoms with Crippen LogP contribution in [0, 0.1) is 15.2 Å². The van der Waals surface area contributed by atoms with Gasteiger partial charge in [-0.25, -0.2) is 22.2 Å². The number of hydrogen-bond acceptors (Lipinski definition) is 7. The van der Waals surface area contributed by atoms with Crippen molar-refractivity contribution in [2.24, 2.45) is 0 Å². The summed E-state index contributed by atoms with van der Waals surface area (Å²) in [6.07, 6.45) is 0.576. The minimum Gasteiger partial charge on any atom is -0.424 e. The van der Waals surface area contributed by atoms with Crippen molar-refractivity contribution >= 4 is 44.4 Å². The number of hydrogen-bond donors (Lipinski definition) is 4. The molecule has 0 bridgehead atoms. The van der Waals surface area contributed by atoms with Crippen LogP contribution in [0.5, 0.6) is 0 Å². The van der Waals surface area contributed by atoms with Crippen molar-refractivity contribution in [3.05, 3.63) is 80.9 Å². The minimum absolute atomic E-state index is 0.0427. The van der Waals surface area contributed by atoms with Gasteiger partial charge in [0.25, 0.3) is 0 Å². The molecule has 0 radical (unpaired) electrons. The van der Waals surface area contributed by atoms with Gasteiger partial charge in [0.05, 0.1) is 24.6 Å². The van der Waals surface area contributed by atoms with Gasteiger partial charge in [0.2, 0.25) is 27.7 Å². The number of oxazole rings is 1. The van der Waals surface area contributed by atoms with E-state index in [1.807, 2.05) is 24.3 Å². The van der Waals surface area contributed by atoms with E-state index in [2.05, 4.69) is 42.9 Å². The van der Waals surface area contributed by atoms with Gasteiger partial charge < -0.3 is 20.2 Å². The number of carbonyl (C=O) groups excluding carboxylic acids is 1. The molecule has 2 aromatic carbocycles. The zero-order valence-electron chi connectivity index (χ0n) is 19.2. The van der Waals surface area contributed by atoms with Gasteiger partial charge in [-0.15, -0.1) is 0 Å². The highest BCUT2D eigenvalue weighted by molar-refractivity contribution is 14.1. The van der Waals surface area contributed by atoms with Crippen molar-refractivity contribution in [2.75, 3.05) is 17.5 Å². The first-order chi connectivity index (χ1) is 17.0. The second-order valence-electron chi connectivity index (χ2n) is 8.15. The van der Waals surface area contributed by atoms with Gasteiger partial charge >= 0.3 is 0 Å². The highest BCUT2D eigenvalue weighted by Crippen LogP contribution is 2.14. The van der Waals surface area contributed by atoms with Crippen molar-refractivity contribution in [1.82, 2.24) is 15.6 Å². The number of nitrogens with one attached hydrogen (secondary N) is 3. The third-order valence-corrected chi connectivity index (χ3v) is 6.15. The summed E-state index contributed by atoms with van der Waals surface area (Å²) in [5.41, 5.74) is 1.26. The van der Waals surface area contributed by atoms with Crippen LogP contribution in [0.2, 0.25) is 0 Å². The molecule has 0 aliphatic rings. The monoisotopic (exact) mass is 634 g/mol. The number of aliphatic hydroxyl groups excluding tert-OH is 1. The predicted molar refractivity (Wildman–Crippen MR) is 138 cm³/mol. The number of sulfonamides is 1. The fourth-order valence-corrected chi connectivity index (χ4v) is 4.50. The lowest BCUT2D eigenvalue weighted by Crippen LogP contribution is -2.49. The van der Waals surface area contributed by atoms with E-state index in [4.69, 9.17) is 4.42 Å². The molecule has 0 saturated carbocycles. The molecule has 0 unspecified atom stereocenters. The van der Waals surface area contributed by atoms with Crippen LogP contribution in [0.15, 0.2) is 53.1 Å². The minimum atomic E-state index is -3.58. The standard InChI is InChI=1S/C23H25F2IN4O5S/c1-36(33,34)30-23-13-28-22(35-23)10-21(32)29-19(8-15-5-16(24)9-17(25)6-15)20(31)12-27-11-14-3-2-4-18(26)7-14/h2-7,9,13,19-20,27,30-31H,8,10-12H2,1H3,(H,29,32)/t19-,20+/m0/s1. The van der Waals surface area contributed by atoms with Crippen molar-refractivity contribution in [1.29, 1.82) is 0 Å². The van der Waals surface area contributed by atoms with E-state index in [1.165, 1.54) is 0 Å². The van der Waals surface area contributed by atoms with Crippen LogP contribution in [0.4, 0.5) is 14.7 Å². The number of amides is 1. The van der Waals surface area contributed by atoms with E-state index in [9.17, 15) is 27.1 Å². The fourth-order valence-electron chi connectivity index (χ4n) is 3.44. The number of nitrogens with zero attached hydrogens (tertiary/aromatic N) is 1. The van der Waals surface area contributed by atoms with Gasteiger partial charge in [0.1, 0.15) is 18.1 Å². The Bertz CT molecular complexity index is 1280. The lowest BCUT2D eigenvalue weighted by molar-refractivity contribution is -0.122. The molecule has 4 N–H and O–H groups in total. The predicted octanol–water partition coefficient (Wildman–Crippen LogP) is 2.35. The Morgan fingerprint density at radius 1 is 1.17 bits per heavy atom. The third kappa shape index (κ3) is 9.44. The maximum absolute atomic E-state index is 13.7. The van der Waals surface area contributed by atoms with E-state index in [1.54, 1.807) is 0 Å². The molecule has 194 valence electrons. The van der Waals surface area contributed by atoms with Crippen molar-refractivity contribution in [2.45, 2.75) is 31.5 Å². The molecule has 2 atom stereocenters. The van der Waals surface area contributed by atoms with Crippen molar-refractivity contribution in [3.8, 4) is 0 Å². The summed E-state index contributed by atoms with van der Waals surface area (Å²) < 4.78 is 58.4. The highest BCUT2D eigenvalue weighted by Gasteiger charge is 2.23. The lowest BCUT2D eigenvalue weighted by atomic mass is 10.0. The molecule has 1 amide bonds. The molecule has 1 aromatic heterocycles. The normalized spacial score (nSPS) is 13.2. The Hall–Kier alpha value is -2.62. The summed E-state index contributed by atoms with van der Waals surface area (Å²) in [5.74, 6) is -2.33. The van der Waals surface area contributed by atoms with Gasteiger partial charge in [-0.05, 0) is 64.4 Å². The zero-order valence-corrected chi connectivity index (χ0v) is 22.1. The van der Waals surface area contributed by atoms with E-state index >= 15 is 0 Å². The average molecular weight is 634 g/mol. The van der Waals surface area contributed by atoms with E-state index < -0.39 is 39.7 Å². The van der Waals surface area contributed by atoms with Crippen LogP contribution in [0.1, 0.15) is 17.0 Å². The maximum Gasteiger partial charge on any atom is 0.232 e. The van der Waals surface area contributed by atoms with Gasteiger partial charge in [0, 0.05) is 22.7 Å². The van der Waals surface area contributed by atoms with Crippen LogP contribution < -0.4 is 15.4 Å². The Kier molecular flexibility index (Phi) is 9.76. The van der Waals surface area contributed by atoms with Gasteiger partial charge in [-0.1, -0.05) is 12.1 Å². The molecule has 0 saturated heterocycles. The summed E-state index contributed by atoms with van der Waals surface area (Å²) in [7, 11) is -3.58. The Labute approximate surface area is 220 Å². The number of halogens is 3. The number of carbonyl (C=O) groups is 1. The third-order valence-electron chi connectivity index (χ3n) is 4.91. The fraction of sp³-hybridized carbons (Fsp3) is 0.304. The second-order valence-corrected chi connectivity index (χ2v) is 11.1. The van der Waals surface area contributed by atoms with Crippen LogP contribution in [-0.2, 0) is 34.2 Å². The van der Waals surface area contributed by atoms with E-state index in [0.29, 0.717) is 6.54 Å². The molecule has 36 heavy (non-hydrogen) atoms. The second kappa shape index (κ2) is 12.6. The molecule has 0 aliphatic heterocycles. The lowest BCUT2D eigenvalue weighted by Gasteiger charge is -2.25. The molecule has 0 aliphatic carbocycles. The summed E-state index contributed by atoms with van der Waals surface area (Å²) >= 11 is 2.20. The maximum atomic E-state index is 13.7. The summed E-state index contributed by atoms with van der Waals surface area (Å²) in [6.45, 7) is 0.561. The van der Waals surface area contributed by atoms with E-state index in [-0.39, 0.29) is 36.7 Å². The summed E-state index contributed by atoms with van der Waals surface area (Å²) in [4.78, 5) is 16.5. The van der Waals surface area contributed by atoms with Gasteiger partial charge in [-0.2, -0.15) is 0 Å². The first kappa shape index (κ1) is 28.0. The Balaban J connectivity index is 1.66. The number of aliphatic hydroxyl groups is 1. The SMILES string of the molecule is CS(=O)(=O)Nc1cnc(CC(=O)N[C@@H](Cc2cc(F)cc(F)c2)[C@H](O)CNCc2cccc(I)c2)o1. The first-order valence-corrected chi connectivity index (χ1v) is 13.7. The molecule has 1 heterocycles. The molecule has 9 nitrogen and oxygen atoms in total. The van der Waals surface area contributed by atoms with Crippen LogP contribution in [0.3, 0.4) is 0 Å². The Morgan fingerprint density at radius 2 is 1.89 bits per heavy atom. The van der Waals surface area contributed by atoms with E-state index in [0.717, 1.165) is 39.8 Å². The van der Waals surface area contributed by atoms with Crippen LogP contribution >= 0.6 is 22.6 Å². The van der Waals surface area contributed by atoms with Gasteiger partial charge in [-0.3, -0.25) is 9.52 Å². The van der Waals surface area contributed by atoms with Gasteiger partial charge in [0.15, 0.2) is 0 Å². The first-order valence-electron chi connectivity index (χ1n) is 10.8. The molecule has 0 fully saturated rings. The number of aromatic nitrogens is 1. The average Bonchev–Trinajstić information content (AvgIpc) is 3.17. The molecular formula is C23H25F2IN4O5S. The van der Waals surface area contributed by atoms with Crippen LogP contribution in [-0.4, -0.2) is 49.4 Å². The highest BCUT2D eigenvalue weighted by atomic mass is 127. The van der Waals surface area contributed by atoms with Crippen LogP contribution in [0.25, 0.3) is 0 Å². The Morgan fingerprint density at radius 3 is 2.56 bits per heavy atom. The topological polar surface area (TPSA) is 134 Å². The summed E-state index contributed by atoms with van der Waals surface area (Å²) in [6, 6.07) is 9.88. The molecular weight excluding hydrogens is 609 g/mol. The van der Waals surface area contributed by atoms with Crippen molar-refractivity contribution < 1.29 is 31.5 Å². The quantitative estimate of drug-likeness (QED) is 0.225. The number of benzene rings is 2. The summed E-state index contributed by atoms with van der Waals surface area (Å²) in [5, 5.41) is 16.6. The molecule has 0 spiro atoms. The smallest absolute Gasteiger partial charge is 0.232 e.